The Balaban J connectivity index is 2.56. The lowest BCUT2D eigenvalue weighted by atomic mass is 10.1. The maximum Gasteiger partial charge on any atom is 0.251 e. The van der Waals surface area contributed by atoms with Gasteiger partial charge in [-0.15, -0.1) is 11.3 Å². The highest BCUT2D eigenvalue weighted by molar-refractivity contribution is 14.1. The zero-order valence-electron chi connectivity index (χ0n) is 14.7. The van der Waals surface area contributed by atoms with Crippen LogP contribution < -0.4 is 4.72 Å². The molecule has 0 radical (unpaired) electrons. The third kappa shape index (κ3) is 5.28. The zero-order chi connectivity index (χ0) is 18.1. The van der Waals surface area contributed by atoms with Crippen LogP contribution in [0.1, 0.15) is 39.5 Å². The van der Waals surface area contributed by atoms with Crippen molar-refractivity contribution < 1.29 is 8.42 Å². The summed E-state index contributed by atoms with van der Waals surface area (Å²) in [5, 5.41) is 0. The average Bonchev–Trinajstić information content (AvgIpc) is 2.80. The Bertz CT molecular complexity index is 801. The molecule has 1 aromatic heterocycles. The first-order valence-electron chi connectivity index (χ1n) is 7.90. The standard InChI is InChI=1S/C18H24INO2S2/c1-12(2)10-15-11-16(13-6-8-14(19)9-7-13)17(23-15)24(21,22)20-18(3,4)5/h6-9,11-12,20H,10H2,1-5H3. The Morgan fingerprint density at radius 1 is 1.17 bits per heavy atom. The first-order chi connectivity index (χ1) is 11.0. The van der Waals surface area contributed by atoms with E-state index in [1.807, 2.05) is 51.1 Å². The smallest absolute Gasteiger partial charge is 0.206 e. The van der Waals surface area contributed by atoms with Crippen LogP contribution in [0.2, 0.25) is 0 Å². The van der Waals surface area contributed by atoms with E-state index in [1.54, 1.807) is 0 Å². The topological polar surface area (TPSA) is 46.2 Å². The largest absolute Gasteiger partial charge is 0.251 e. The highest BCUT2D eigenvalue weighted by Gasteiger charge is 2.27. The van der Waals surface area contributed by atoms with Gasteiger partial charge in [0, 0.05) is 19.5 Å². The van der Waals surface area contributed by atoms with Gasteiger partial charge in [-0.1, -0.05) is 26.0 Å². The second kappa shape index (κ2) is 7.43. The van der Waals surface area contributed by atoms with Crippen LogP contribution in [0.4, 0.5) is 0 Å². The molecule has 0 unspecified atom stereocenters. The molecule has 1 N–H and O–H groups in total. The van der Waals surface area contributed by atoms with Gasteiger partial charge in [-0.2, -0.15) is 0 Å². The molecule has 0 aliphatic carbocycles. The first kappa shape index (κ1) is 19.9. The van der Waals surface area contributed by atoms with E-state index in [1.165, 1.54) is 11.3 Å². The Labute approximate surface area is 163 Å². The number of hydrogen-bond acceptors (Lipinski definition) is 3. The fourth-order valence-corrected chi connectivity index (χ4v) is 6.13. The summed E-state index contributed by atoms with van der Waals surface area (Å²) in [5.74, 6) is 0.486. The molecule has 2 rings (SSSR count). The van der Waals surface area contributed by atoms with Crippen molar-refractivity contribution in [1.29, 1.82) is 0 Å². The molecule has 0 aliphatic rings. The number of hydrogen-bond donors (Lipinski definition) is 1. The van der Waals surface area contributed by atoms with Crippen LogP contribution in [0.25, 0.3) is 11.1 Å². The van der Waals surface area contributed by atoms with E-state index < -0.39 is 15.6 Å². The highest BCUT2D eigenvalue weighted by atomic mass is 127. The van der Waals surface area contributed by atoms with Crippen molar-refractivity contribution in [2.45, 2.75) is 50.8 Å². The maximum absolute atomic E-state index is 12.9. The molecule has 132 valence electrons. The lowest BCUT2D eigenvalue weighted by Crippen LogP contribution is -2.40. The van der Waals surface area contributed by atoms with E-state index in [-0.39, 0.29) is 0 Å². The summed E-state index contributed by atoms with van der Waals surface area (Å²) in [6.07, 6.45) is 0.882. The summed E-state index contributed by atoms with van der Waals surface area (Å²) < 4.78 is 30.1. The average molecular weight is 477 g/mol. The van der Waals surface area contributed by atoms with Crippen LogP contribution in [0, 0.1) is 9.49 Å². The minimum absolute atomic E-state index is 0.411. The van der Waals surface area contributed by atoms with Gasteiger partial charge in [-0.3, -0.25) is 0 Å². The van der Waals surface area contributed by atoms with Gasteiger partial charge in [0.1, 0.15) is 4.21 Å². The summed E-state index contributed by atoms with van der Waals surface area (Å²) in [6.45, 7) is 9.87. The second-order valence-electron chi connectivity index (χ2n) is 7.37. The van der Waals surface area contributed by atoms with Crippen LogP contribution in [-0.2, 0) is 16.4 Å². The van der Waals surface area contributed by atoms with E-state index >= 15 is 0 Å². The molecule has 6 heteroatoms. The van der Waals surface area contributed by atoms with Crippen LogP contribution in [0.15, 0.2) is 34.5 Å². The van der Waals surface area contributed by atoms with Gasteiger partial charge in [0.05, 0.1) is 0 Å². The van der Waals surface area contributed by atoms with Crippen LogP contribution in [-0.4, -0.2) is 14.0 Å². The van der Waals surface area contributed by atoms with Gasteiger partial charge in [0.15, 0.2) is 0 Å². The predicted molar refractivity (Wildman–Crippen MR) is 111 cm³/mol. The van der Waals surface area contributed by atoms with Crippen LogP contribution in [0.5, 0.6) is 0 Å². The monoisotopic (exact) mass is 477 g/mol. The van der Waals surface area contributed by atoms with Gasteiger partial charge >= 0.3 is 0 Å². The lowest BCUT2D eigenvalue weighted by Gasteiger charge is -2.20. The number of benzene rings is 1. The summed E-state index contributed by atoms with van der Waals surface area (Å²) >= 11 is 3.63. The van der Waals surface area contributed by atoms with Gasteiger partial charge < -0.3 is 0 Å². The summed E-state index contributed by atoms with van der Waals surface area (Å²) in [4.78, 5) is 1.10. The Kier molecular flexibility index (Phi) is 6.16. The van der Waals surface area contributed by atoms with Crippen molar-refractivity contribution in [2.75, 3.05) is 0 Å². The molecule has 3 nitrogen and oxygen atoms in total. The zero-order valence-corrected chi connectivity index (χ0v) is 18.5. The van der Waals surface area contributed by atoms with Crippen molar-refractivity contribution in [3.8, 4) is 11.1 Å². The van der Waals surface area contributed by atoms with Crippen molar-refractivity contribution in [2.24, 2.45) is 5.92 Å². The molecule has 0 fully saturated rings. The highest BCUT2D eigenvalue weighted by Crippen LogP contribution is 2.36. The summed E-state index contributed by atoms with van der Waals surface area (Å²) in [5.41, 5.74) is 1.23. The Morgan fingerprint density at radius 3 is 2.25 bits per heavy atom. The number of thiophene rings is 1. The number of halogens is 1. The number of sulfonamides is 1. The molecule has 0 bridgehead atoms. The van der Waals surface area contributed by atoms with Crippen molar-refractivity contribution in [3.05, 3.63) is 38.8 Å². The van der Waals surface area contributed by atoms with Crippen molar-refractivity contribution in [3.63, 3.8) is 0 Å². The molecule has 0 amide bonds. The molecule has 24 heavy (non-hydrogen) atoms. The Hall–Kier alpha value is -0.440. The van der Waals surface area contributed by atoms with E-state index in [2.05, 4.69) is 41.2 Å². The van der Waals surface area contributed by atoms with Gasteiger partial charge in [0.2, 0.25) is 0 Å². The van der Waals surface area contributed by atoms with Crippen LogP contribution in [0.3, 0.4) is 0 Å². The van der Waals surface area contributed by atoms with E-state index in [0.717, 1.165) is 26.0 Å². The minimum Gasteiger partial charge on any atom is -0.206 e. The third-order valence-corrected chi connectivity index (χ3v) is 7.37. The molecule has 1 heterocycles. The maximum atomic E-state index is 12.9. The summed E-state index contributed by atoms with van der Waals surface area (Å²) in [7, 11) is -3.56. The van der Waals surface area contributed by atoms with E-state index in [0.29, 0.717) is 10.1 Å². The molecule has 0 saturated heterocycles. The third-order valence-electron chi connectivity index (χ3n) is 3.20. The van der Waals surface area contributed by atoms with Crippen LogP contribution >= 0.6 is 33.9 Å². The predicted octanol–water partition coefficient (Wildman–Crippen LogP) is 5.30. The molecule has 0 spiro atoms. The quantitative estimate of drug-likeness (QED) is 0.595. The van der Waals surface area contributed by atoms with Gasteiger partial charge in [-0.25, -0.2) is 13.1 Å². The lowest BCUT2D eigenvalue weighted by molar-refractivity contribution is 0.493. The first-order valence-corrected chi connectivity index (χ1v) is 11.3. The second-order valence-corrected chi connectivity index (χ2v) is 11.6. The fraction of sp³-hybridized carbons (Fsp3) is 0.444. The minimum atomic E-state index is -3.56. The molecular formula is C18H24INO2S2. The van der Waals surface area contributed by atoms with E-state index in [4.69, 9.17) is 0 Å². The van der Waals surface area contributed by atoms with Crippen molar-refractivity contribution >= 4 is 44.0 Å². The normalized spacial score (nSPS) is 12.8. The Morgan fingerprint density at radius 2 is 1.75 bits per heavy atom. The number of nitrogens with one attached hydrogen (secondary N) is 1. The van der Waals surface area contributed by atoms with Gasteiger partial charge in [0.25, 0.3) is 10.0 Å². The molecule has 0 atom stereocenters. The number of rotatable bonds is 5. The SMILES string of the molecule is CC(C)Cc1cc(-c2ccc(I)cc2)c(S(=O)(=O)NC(C)(C)C)s1. The molecule has 0 saturated carbocycles. The van der Waals surface area contributed by atoms with Gasteiger partial charge in [-0.05, 0) is 79.5 Å². The molecule has 0 aliphatic heterocycles. The molecule has 1 aromatic carbocycles. The van der Waals surface area contributed by atoms with Crippen molar-refractivity contribution in [1.82, 2.24) is 4.72 Å². The summed E-state index contributed by atoms with van der Waals surface area (Å²) in [6, 6.07) is 10.0. The molecular weight excluding hydrogens is 453 g/mol. The molecule has 2 aromatic rings. The fourth-order valence-electron chi connectivity index (χ4n) is 2.41. The van der Waals surface area contributed by atoms with E-state index in [9.17, 15) is 8.42 Å².